The number of carbonyl (C=O) groups is 1. The van der Waals surface area contributed by atoms with Crippen LogP contribution in [0.2, 0.25) is 0 Å². The number of rotatable bonds is 2. The molecule has 0 aromatic heterocycles. The number of amides is 1. The Morgan fingerprint density at radius 1 is 1.43 bits per heavy atom. The molecule has 1 aromatic carbocycles. The van der Waals surface area contributed by atoms with Crippen molar-refractivity contribution in [1.82, 2.24) is 5.01 Å². The summed E-state index contributed by atoms with van der Waals surface area (Å²) < 4.78 is 0. The van der Waals surface area contributed by atoms with Crippen molar-refractivity contribution in [3.05, 3.63) is 35.9 Å². The van der Waals surface area contributed by atoms with Crippen LogP contribution in [0.1, 0.15) is 24.9 Å². The molecule has 1 aliphatic rings. The fourth-order valence-electron chi connectivity index (χ4n) is 1.72. The van der Waals surface area contributed by atoms with Gasteiger partial charge in [-0.2, -0.15) is 5.10 Å². The minimum Gasteiger partial charge on any atom is -0.277 e. The van der Waals surface area contributed by atoms with Gasteiger partial charge in [0.25, 0.3) is 0 Å². The lowest BCUT2D eigenvalue weighted by molar-refractivity contribution is -0.119. The number of hydrazone groups is 1. The Bertz CT molecular complexity index is 359. The van der Waals surface area contributed by atoms with Crippen molar-refractivity contribution < 1.29 is 4.79 Å². The molecule has 0 saturated carbocycles. The Morgan fingerprint density at radius 2 is 2.14 bits per heavy atom. The third kappa shape index (κ3) is 1.53. The van der Waals surface area contributed by atoms with Gasteiger partial charge in [0.1, 0.15) is 0 Å². The second-order valence-corrected chi connectivity index (χ2v) is 3.45. The van der Waals surface area contributed by atoms with E-state index in [1.54, 1.807) is 0 Å². The molecule has 0 bridgehead atoms. The van der Waals surface area contributed by atoms with Crippen LogP contribution in [-0.4, -0.2) is 17.1 Å². The van der Waals surface area contributed by atoms with Crippen LogP contribution in [0.5, 0.6) is 0 Å². The standard InChI is InChI=1S/C11H12N2O/c1-9-7-11(13(8-14)12-9)10-5-3-2-4-6-10/h2-6,8,11H,7H2,1H3/t11-/m1/s1. The highest BCUT2D eigenvalue weighted by Gasteiger charge is 2.25. The molecule has 2 rings (SSSR count). The Labute approximate surface area is 83.0 Å². The molecule has 72 valence electrons. The first kappa shape index (κ1) is 8.94. The summed E-state index contributed by atoms with van der Waals surface area (Å²) in [5.41, 5.74) is 2.14. The minimum atomic E-state index is 0.0914. The maximum Gasteiger partial charge on any atom is 0.230 e. The van der Waals surface area contributed by atoms with Crippen LogP contribution in [0.3, 0.4) is 0 Å². The summed E-state index contributed by atoms with van der Waals surface area (Å²) in [4.78, 5) is 10.8. The molecule has 3 heteroatoms. The van der Waals surface area contributed by atoms with Crippen LogP contribution in [0.25, 0.3) is 0 Å². The Kier molecular flexibility index (Phi) is 2.31. The monoisotopic (exact) mass is 188 g/mol. The zero-order valence-corrected chi connectivity index (χ0v) is 8.05. The summed E-state index contributed by atoms with van der Waals surface area (Å²) in [6, 6.07) is 10.1. The maximum absolute atomic E-state index is 10.8. The summed E-state index contributed by atoms with van der Waals surface area (Å²) in [5.74, 6) is 0. The van der Waals surface area contributed by atoms with Gasteiger partial charge in [0.15, 0.2) is 0 Å². The molecule has 0 spiro atoms. The fourth-order valence-corrected chi connectivity index (χ4v) is 1.72. The summed E-state index contributed by atoms with van der Waals surface area (Å²) in [6.45, 7) is 1.94. The smallest absolute Gasteiger partial charge is 0.230 e. The van der Waals surface area contributed by atoms with Gasteiger partial charge in [-0.15, -0.1) is 0 Å². The largest absolute Gasteiger partial charge is 0.277 e. The Morgan fingerprint density at radius 3 is 2.79 bits per heavy atom. The van der Waals surface area contributed by atoms with E-state index in [2.05, 4.69) is 5.10 Å². The molecule has 1 aliphatic heterocycles. The van der Waals surface area contributed by atoms with E-state index in [4.69, 9.17) is 0 Å². The van der Waals surface area contributed by atoms with Crippen LogP contribution >= 0.6 is 0 Å². The normalized spacial score (nSPS) is 20.8. The van der Waals surface area contributed by atoms with Crippen LogP contribution in [0.4, 0.5) is 0 Å². The van der Waals surface area contributed by atoms with E-state index in [0.717, 1.165) is 24.1 Å². The molecule has 0 N–H and O–H groups in total. The van der Waals surface area contributed by atoms with Gasteiger partial charge in [-0.25, -0.2) is 5.01 Å². The SMILES string of the molecule is CC1=NN(C=O)[C@@H](c2ccccc2)C1. The van der Waals surface area contributed by atoms with E-state index in [0.29, 0.717) is 0 Å². The third-order valence-electron chi connectivity index (χ3n) is 2.39. The van der Waals surface area contributed by atoms with E-state index in [9.17, 15) is 4.79 Å². The lowest BCUT2D eigenvalue weighted by atomic mass is 10.0. The van der Waals surface area contributed by atoms with Crippen molar-refractivity contribution in [2.24, 2.45) is 5.10 Å². The molecule has 0 aliphatic carbocycles. The Balaban J connectivity index is 2.25. The quantitative estimate of drug-likeness (QED) is 0.653. The molecular formula is C11H12N2O. The molecule has 3 nitrogen and oxygen atoms in total. The zero-order chi connectivity index (χ0) is 9.97. The van der Waals surface area contributed by atoms with Crippen molar-refractivity contribution in [3.8, 4) is 0 Å². The highest BCUT2D eigenvalue weighted by molar-refractivity contribution is 5.85. The van der Waals surface area contributed by atoms with Gasteiger partial charge in [0.05, 0.1) is 6.04 Å². The van der Waals surface area contributed by atoms with Crippen molar-refractivity contribution in [2.75, 3.05) is 0 Å². The average Bonchev–Trinajstić information content (AvgIpc) is 2.61. The summed E-state index contributed by atoms with van der Waals surface area (Å²) in [5, 5.41) is 5.64. The summed E-state index contributed by atoms with van der Waals surface area (Å²) >= 11 is 0. The van der Waals surface area contributed by atoms with E-state index < -0.39 is 0 Å². The zero-order valence-electron chi connectivity index (χ0n) is 8.05. The van der Waals surface area contributed by atoms with Crippen LogP contribution in [-0.2, 0) is 4.79 Å². The first-order chi connectivity index (χ1) is 6.81. The summed E-state index contributed by atoms with van der Waals surface area (Å²) in [7, 11) is 0. The first-order valence-electron chi connectivity index (χ1n) is 4.64. The number of benzene rings is 1. The second kappa shape index (κ2) is 3.62. The molecule has 14 heavy (non-hydrogen) atoms. The van der Waals surface area contributed by atoms with E-state index in [-0.39, 0.29) is 6.04 Å². The van der Waals surface area contributed by atoms with Crippen LogP contribution < -0.4 is 0 Å². The van der Waals surface area contributed by atoms with E-state index >= 15 is 0 Å². The van der Waals surface area contributed by atoms with Gasteiger partial charge >= 0.3 is 0 Å². The molecule has 0 saturated heterocycles. The molecule has 1 heterocycles. The highest BCUT2D eigenvalue weighted by Crippen LogP contribution is 2.28. The molecule has 0 radical (unpaired) electrons. The van der Waals surface area contributed by atoms with Gasteiger partial charge in [-0.1, -0.05) is 30.3 Å². The van der Waals surface area contributed by atoms with Crippen molar-refractivity contribution >= 4 is 12.1 Å². The van der Waals surface area contributed by atoms with Crippen LogP contribution in [0, 0.1) is 0 Å². The number of hydrogen-bond donors (Lipinski definition) is 0. The molecule has 1 aromatic rings. The predicted octanol–water partition coefficient (Wildman–Crippen LogP) is 1.97. The molecule has 1 amide bonds. The first-order valence-corrected chi connectivity index (χ1v) is 4.64. The maximum atomic E-state index is 10.8. The van der Waals surface area contributed by atoms with Gasteiger partial charge < -0.3 is 0 Å². The molecular weight excluding hydrogens is 176 g/mol. The summed E-state index contributed by atoms with van der Waals surface area (Å²) in [6.07, 6.45) is 1.62. The predicted molar refractivity (Wildman–Crippen MR) is 54.8 cm³/mol. The van der Waals surface area contributed by atoms with Gasteiger partial charge in [-0.05, 0) is 12.5 Å². The van der Waals surface area contributed by atoms with Crippen LogP contribution in [0.15, 0.2) is 35.4 Å². The molecule has 0 unspecified atom stereocenters. The number of hydrogen-bond acceptors (Lipinski definition) is 2. The minimum absolute atomic E-state index is 0.0914. The number of carbonyl (C=O) groups excluding carboxylic acids is 1. The average molecular weight is 188 g/mol. The molecule has 1 atom stereocenters. The highest BCUT2D eigenvalue weighted by atomic mass is 16.1. The topological polar surface area (TPSA) is 32.7 Å². The van der Waals surface area contributed by atoms with Gasteiger partial charge in [0.2, 0.25) is 6.41 Å². The van der Waals surface area contributed by atoms with Gasteiger partial charge in [0, 0.05) is 12.1 Å². The Hall–Kier alpha value is -1.64. The second-order valence-electron chi connectivity index (χ2n) is 3.45. The van der Waals surface area contributed by atoms with Crippen molar-refractivity contribution in [2.45, 2.75) is 19.4 Å². The van der Waals surface area contributed by atoms with E-state index in [1.807, 2.05) is 37.3 Å². The lowest BCUT2D eigenvalue weighted by Gasteiger charge is -2.16. The van der Waals surface area contributed by atoms with Gasteiger partial charge in [-0.3, -0.25) is 4.79 Å². The van der Waals surface area contributed by atoms with Crippen molar-refractivity contribution in [3.63, 3.8) is 0 Å². The number of nitrogens with zero attached hydrogens (tertiary/aromatic N) is 2. The van der Waals surface area contributed by atoms with E-state index in [1.165, 1.54) is 5.01 Å². The molecule has 0 fully saturated rings. The fraction of sp³-hybridized carbons (Fsp3) is 0.273. The lowest BCUT2D eigenvalue weighted by Crippen LogP contribution is -2.17. The third-order valence-corrected chi connectivity index (χ3v) is 2.39. The van der Waals surface area contributed by atoms with Crippen molar-refractivity contribution in [1.29, 1.82) is 0 Å².